The van der Waals surface area contributed by atoms with E-state index < -0.39 is 0 Å². The van der Waals surface area contributed by atoms with Gasteiger partial charge in [-0.15, -0.1) is 0 Å². The van der Waals surface area contributed by atoms with E-state index >= 15 is 0 Å². The molecule has 124 valence electrons. The molecule has 25 heavy (non-hydrogen) atoms. The number of rotatable bonds is 4. The first-order valence-electron chi connectivity index (χ1n) is 9.04. The van der Waals surface area contributed by atoms with Crippen molar-refractivity contribution in [3.05, 3.63) is 102 Å². The van der Waals surface area contributed by atoms with Crippen LogP contribution in [0.3, 0.4) is 0 Å². The van der Waals surface area contributed by atoms with Gasteiger partial charge in [0.25, 0.3) is 0 Å². The molecule has 0 amide bonds. The van der Waals surface area contributed by atoms with Gasteiger partial charge in [-0.2, -0.15) is 0 Å². The summed E-state index contributed by atoms with van der Waals surface area (Å²) < 4.78 is 0. The number of anilines is 1. The van der Waals surface area contributed by atoms with Crippen LogP contribution in [0.15, 0.2) is 102 Å². The van der Waals surface area contributed by atoms with Crippen LogP contribution in [0, 0.1) is 0 Å². The highest BCUT2D eigenvalue weighted by Crippen LogP contribution is 2.28. The van der Waals surface area contributed by atoms with Gasteiger partial charge in [0.2, 0.25) is 0 Å². The van der Waals surface area contributed by atoms with Crippen molar-refractivity contribution in [2.24, 2.45) is 0 Å². The van der Waals surface area contributed by atoms with Crippen LogP contribution in [0.1, 0.15) is 19.3 Å². The minimum Gasteiger partial charge on any atom is -0.378 e. The standard InChI is InChI=1S/C24H23N/c1-3-8-19(9-4-1)21-14-16-23(17-15-21)25-24-13-7-12-22(18-24)20-10-5-2-6-11-20/h1-5,7-10,12-17,24-25H,6,11,18H2. The Bertz CT molecular complexity index is 835. The zero-order valence-corrected chi connectivity index (χ0v) is 14.4. The Morgan fingerprint density at radius 1 is 0.760 bits per heavy atom. The molecular weight excluding hydrogens is 302 g/mol. The van der Waals surface area contributed by atoms with E-state index in [-0.39, 0.29) is 0 Å². The minimum absolute atomic E-state index is 0.356. The van der Waals surface area contributed by atoms with E-state index in [1.165, 1.54) is 28.0 Å². The first kappa shape index (κ1) is 15.7. The number of allylic oxidation sites excluding steroid dienone is 6. The lowest BCUT2D eigenvalue weighted by Crippen LogP contribution is -2.20. The van der Waals surface area contributed by atoms with Crippen LogP contribution in [0.4, 0.5) is 5.69 Å². The average molecular weight is 325 g/mol. The Kier molecular flexibility index (Phi) is 4.65. The number of hydrogen-bond acceptors (Lipinski definition) is 1. The maximum atomic E-state index is 3.66. The first-order valence-corrected chi connectivity index (χ1v) is 9.04. The van der Waals surface area contributed by atoms with E-state index in [4.69, 9.17) is 0 Å². The summed E-state index contributed by atoms with van der Waals surface area (Å²) in [6.07, 6.45) is 16.8. The maximum absolute atomic E-state index is 3.66. The van der Waals surface area contributed by atoms with Crippen LogP contribution in [-0.2, 0) is 0 Å². The molecule has 1 N–H and O–H groups in total. The molecule has 0 radical (unpaired) electrons. The van der Waals surface area contributed by atoms with Gasteiger partial charge < -0.3 is 5.32 Å². The highest BCUT2D eigenvalue weighted by Gasteiger charge is 2.14. The van der Waals surface area contributed by atoms with E-state index in [0.717, 1.165) is 19.3 Å². The molecule has 2 aliphatic carbocycles. The summed E-state index contributed by atoms with van der Waals surface area (Å²) in [6.45, 7) is 0. The van der Waals surface area contributed by atoms with Gasteiger partial charge in [-0.25, -0.2) is 0 Å². The summed E-state index contributed by atoms with van der Waals surface area (Å²) in [4.78, 5) is 0. The zero-order chi connectivity index (χ0) is 16.9. The van der Waals surface area contributed by atoms with Gasteiger partial charge in [-0.05, 0) is 53.7 Å². The summed E-state index contributed by atoms with van der Waals surface area (Å²) in [7, 11) is 0. The molecule has 0 saturated heterocycles. The number of benzene rings is 2. The fraction of sp³-hybridized carbons (Fsp3) is 0.167. The van der Waals surface area contributed by atoms with Crippen LogP contribution in [-0.4, -0.2) is 6.04 Å². The van der Waals surface area contributed by atoms with Crippen molar-refractivity contribution in [3.63, 3.8) is 0 Å². The Hall–Kier alpha value is -2.80. The van der Waals surface area contributed by atoms with Crippen molar-refractivity contribution in [1.82, 2.24) is 0 Å². The molecule has 0 saturated carbocycles. The minimum atomic E-state index is 0.356. The second-order valence-corrected chi connectivity index (χ2v) is 6.63. The normalized spacial score (nSPS) is 19.3. The van der Waals surface area contributed by atoms with Crippen molar-refractivity contribution in [2.75, 3.05) is 5.32 Å². The molecule has 2 aromatic rings. The molecule has 0 fully saturated rings. The second kappa shape index (κ2) is 7.40. The Balaban J connectivity index is 1.43. The number of hydrogen-bond donors (Lipinski definition) is 1. The molecule has 4 rings (SSSR count). The molecule has 2 aliphatic rings. The summed E-state index contributed by atoms with van der Waals surface area (Å²) in [5.41, 5.74) is 6.63. The van der Waals surface area contributed by atoms with Gasteiger partial charge >= 0.3 is 0 Å². The smallest absolute Gasteiger partial charge is 0.0487 e. The van der Waals surface area contributed by atoms with Crippen LogP contribution in [0.5, 0.6) is 0 Å². The van der Waals surface area contributed by atoms with E-state index in [2.05, 4.69) is 96.4 Å². The molecule has 1 atom stereocenters. The van der Waals surface area contributed by atoms with Crippen molar-refractivity contribution < 1.29 is 0 Å². The quantitative estimate of drug-likeness (QED) is 0.696. The highest BCUT2D eigenvalue weighted by molar-refractivity contribution is 5.66. The lowest BCUT2D eigenvalue weighted by molar-refractivity contribution is 0.823. The second-order valence-electron chi connectivity index (χ2n) is 6.63. The first-order chi connectivity index (χ1) is 12.4. The maximum Gasteiger partial charge on any atom is 0.0487 e. The molecule has 0 spiro atoms. The van der Waals surface area contributed by atoms with Crippen molar-refractivity contribution >= 4 is 5.69 Å². The van der Waals surface area contributed by atoms with E-state index in [1.807, 2.05) is 0 Å². The number of nitrogens with one attached hydrogen (secondary N) is 1. The summed E-state index contributed by atoms with van der Waals surface area (Å²) in [5, 5.41) is 3.66. The molecule has 2 aromatic carbocycles. The fourth-order valence-electron chi connectivity index (χ4n) is 3.49. The van der Waals surface area contributed by atoms with E-state index in [0.29, 0.717) is 6.04 Å². The van der Waals surface area contributed by atoms with Crippen molar-refractivity contribution in [2.45, 2.75) is 25.3 Å². The van der Waals surface area contributed by atoms with Crippen LogP contribution in [0.2, 0.25) is 0 Å². The summed E-state index contributed by atoms with van der Waals surface area (Å²) in [6, 6.07) is 19.6. The molecule has 1 unspecified atom stereocenters. The van der Waals surface area contributed by atoms with Gasteiger partial charge in [0.15, 0.2) is 0 Å². The van der Waals surface area contributed by atoms with Crippen LogP contribution >= 0.6 is 0 Å². The third-order valence-electron chi connectivity index (χ3n) is 4.85. The molecule has 0 bridgehead atoms. The van der Waals surface area contributed by atoms with Crippen LogP contribution < -0.4 is 5.32 Å². The monoisotopic (exact) mass is 325 g/mol. The fourth-order valence-corrected chi connectivity index (χ4v) is 3.49. The Morgan fingerprint density at radius 3 is 2.28 bits per heavy atom. The molecule has 0 aromatic heterocycles. The lowest BCUT2D eigenvalue weighted by atomic mass is 9.89. The predicted octanol–water partition coefficient (Wildman–Crippen LogP) is 6.30. The lowest BCUT2D eigenvalue weighted by Gasteiger charge is -2.23. The summed E-state index contributed by atoms with van der Waals surface area (Å²) in [5.74, 6) is 0. The topological polar surface area (TPSA) is 12.0 Å². The Labute approximate surface area is 150 Å². The molecule has 0 aliphatic heterocycles. The van der Waals surface area contributed by atoms with E-state index in [9.17, 15) is 0 Å². The average Bonchev–Trinajstić information content (AvgIpc) is 2.70. The SMILES string of the molecule is C1=CCCC(C2=CC=CC(Nc3ccc(-c4ccccc4)cc3)C2)=C1. The third-order valence-corrected chi connectivity index (χ3v) is 4.85. The van der Waals surface area contributed by atoms with Gasteiger partial charge in [-0.3, -0.25) is 0 Å². The Morgan fingerprint density at radius 2 is 1.52 bits per heavy atom. The van der Waals surface area contributed by atoms with E-state index in [1.54, 1.807) is 0 Å². The van der Waals surface area contributed by atoms with Crippen molar-refractivity contribution in [1.29, 1.82) is 0 Å². The molecule has 0 heterocycles. The van der Waals surface area contributed by atoms with Gasteiger partial charge in [0, 0.05) is 11.7 Å². The molecular formula is C24H23N. The molecule has 1 heteroatoms. The van der Waals surface area contributed by atoms with Gasteiger partial charge in [0.05, 0.1) is 0 Å². The third kappa shape index (κ3) is 3.83. The van der Waals surface area contributed by atoms with Crippen molar-refractivity contribution in [3.8, 4) is 11.1 Å². The summed E-state index contributed by atoms with van der Waals surface area (Å²) >= 11 is 0. The van der Waals surface area contributed by atoms with Gasteiger partial charge in [0.1, 0.15) is 0 Å². The van der Waals surface area contributed by atoms with Crippen LogP contribution in [0.25, 0.3) is 11.1 Å². The highest BCUT2D eigenvalue weighted by atomic mass is 14.9. The van der Waals surface area contributed by atoms with Gasteiger partial charge in [-0.1, -0.05) is 78.9 Å². The molecule has 1 nitrogen and oxygen atoms in total. The predicted molar refractivity (Wildman–Crippen MR) is 108 cm³/mol. The zero-order valence-electron chi connectivity index (χ0n) is 14.4. The largest absolute Gasteiger partial charge is 0.378 e.